The number of benzene rings is 1. The van der Waals surface area contributed by atoms with E-state index in [0.29, 0.717) is 5.89 Å². The molecule has 4 heteroatoms. The Morgan fingerprint density at radius 2 is 1.71 bits per heavy atom. The van der Waals surface area contributed by atoms with Crippen LogP contribution >= 0.6 is 0 Å². The largest absolute Gasteiger partial charge is 0.337 e. The van der Waals surface area contributed by atoms with Crippen molar-refractivity contribution in [3.8, 4) is 0 Å². The highest BCUT2D eigenvalue weighted by Crippen LogP contribution is 2.32. The number of rotatable bonds is 4. The van der Waals surface area contributed by atoms with Crippen LogP contribution in [-0.4, -0.2) is 10.1 Å². The van der Waals surface area contributed by atoms with E-state index in [9.17, 15) is 0 Å². The van der Waals surface area contributed by atoms with Gasteiger partial charge >= 0.3 is 0 Å². The molecule has 4 nitrogen and oxygen atoms in total. The van der Waals surface area contributed by atoms with Crippen molar-refractivity contribution < 1.29 is 4.52 Å². The zero-order valence-corrected chi connectivity index (χ0v) is 12.4. The van der Waals surface area contributed by atoms with Gasteiger partial charge in [0.2, 0.25) is 5.89 Å². The first-order valence-corrected chi connectivity index (χ1v) is 7.92. The van der Waals surface area contributed by atoms with Crippen LogP contribution in [0.25, 0.3) is 0 Å². The van der Waals surface area contributed by atoms with Crippen molar-refractivity contribution in [1.82, 2.24) is 10.1 Å². The van der Waals surface area contributed by atoms with Crippen LogP contribution in [0, 0.1) is 0 Å². The van der Waals surface area contributed by atoms with Crippen LogP contribution in [0.5, 0.6) is 0 Å². The van der Waals surface area contributed by atoms with Crippen molar-refractivity contribution in [3.63, 3.8) is 0 Å². The molecule has 0 saturated heterocycles. The van der Waals surface area contributed by atoms with Gasteiger partial charge in [0.15, 0.2) is 5.82 Å². The molecule has 0 unspecified atom stereocenters. The van der Waals surface area contributed by atoms with Gasteiger partial charge in [-0.15, -0.1) is 0 Å². The molecule has 1 aliphatic carbocycles. The average molecular weight is 285 g/mol. The Morgan fingerprint density at radius 3 is 2.43 bits per heavy atom. The molecule has 0 aliphatic heterocycles. The van der Waals surface area contributed by atoms with Gasteiger partial charge in [0.05, 0.1) is 5.54 Å². The molecule has 1 saturated carbocycles. The van der Waals surface area contributed by atoms with Gasteiger partial charge in [-0.2, -0.15) is 4.98 Å². The van der Waals surface area contributed by atoms with E-state index in [0.717, 1.165) is 44.3 Å². The summed E-state index contributed by atoms with van der Waals surface area (Å²) in [5.74, 6) is 1.40. The summed E-state index contributed by atoms with van der Waals surface area (Å²) in [6.07, 6.45) is 8.44. The first-order chi connectivity index (χ1) is 10.3. The smallest absolute Gasteiger partial charge is 0.246 e. The predicted molar refractivity (Wildman–Crippen MR) is 81.7 cm³/mol. The van der Waals surface area contributed by atoms with Crippen LogP contribution in [0.1, 0.15) is 55.8 Å². The van der Waals surface area contributed by atoms with Crippen LogP contribution in [0.2, 0.25) is 0 Å². The highest BCUT2D eigenvalue weighted by molar-refractivity contribution is 5.15. The molecule has 1 aromatic heterocycles. The lowest BCUT2D eigenvalue weighted by Crippen LogP contribution is -2.36. The van der Waals surface area contributed by atoms with Crippen molar-refractivity contribution in [3.05, 3.63) is 47.6 Å². The molecule has 2 aromatic rings. The summed E-state index contributed by atoms with van der Waals surface area (Å²) >= 11 is 0. The fraction of sp³-hybridized carbons (Fsp3) is 0.529. The van der Waals surface area contributed by atoms with E-state index in [1.165, 1.54) is 18.4 Å². The minimum atomic E-state index is -0.408. The zero-order valence-electron chi connectivity index (χ0n) is 12.4. The van der Waals surface area contributed by atoms with Gasteiger partial charge in [-0.25, -0.2) is 0 Å². The molecule has 0 spiro atoms. The Labute approximate surface area is 125 Å². The van der Waals surface area contributed by atoms with Crippen LogP contribution < -0.4 is 5.73 Å². The van der Waals surface area contributed by atoms with Crippen molar-refractivity contribution in [1.29, 1.82) is 0 Å². The second-order valence-corrected chi connectivity index (χ2v) is 6.07. The summed E-state index contributed by atoms with van der Waals surface area (Å²) in [5.41, 5.74) is 7.39. The number of aryl methyl sites for hydroxylation is 2. The fourth-order valence-corrected chi connectivity index (χ4v) is 3.03. The first-order valence-electron chi connectivity index (χ1n) is 7.92. The minimum absolute atomic E-state index is 0.408. The van der Waals surface area contributed by atoms with Crippen LogP contribution in [0.3, 0.4) is 0 Å². The van der Waals surface area contributed by atoms with E-state index in [-0.39, 0.29) is 0 Å². The third-order valence-corrected chi connectivity index (χ3v) is 4.37. The Balaban J connectivity index is 1.65. The van der Waals surface area contributed by atoms with Crippen molar-refractivity contribution in [2.75, 3.05) is 0 Å². The van der Waals surface area contributed by atoms with E-state index >= 15 is 0 Å². The minimum Gasteiger partial charge on any atom is -0.337 e. The zero-order chi connectivity index (χ0) is 14.5. The van der Waals surface area contributed by atoms with Gasteiger partial charge in [-0.05, 0) is 24.8 Å². The highest BCUT2D eigenvalue weighted by Gasteiger charge is 2.34. The SMILES string of the molecule is NC1(c2nc(CCc3ccccc3)no2)CCCCCC1. The fourth-order valence-electron chi connectivity index (χ4n) is 3.03. The molecule has 0 bridgehead atoms. The van der Waals surface area contributed by atoms with Crippen LogP contribution in [0.4, 0.5) is 0 Å². The summed E-state index contributed by atoms with van der Waals surface area (Å²) in [4.78, 5) is 4.56. The Kier molecular flexibility index (Phi) is 4.34. The molecule has 0 radical (unpaired) electrons. The summed E-state index contributed by atoms with van der Waals surface area (Å²) in [6.45, 7) is 0. The third kappa shape index (κ3) is 3.50. The second kappa shape index (κ2) is 6.39. The number of nitrogens with two attached hydrogens (primary N) is 1. The Bertz CT molecular complexity index is 556. The molecule has 2 N–H and O–H groups in total. The first kappa shape index (κ1) is 14.3. The standard InChI is InChI=1S/C17H23N3O/c18-17(12-6-1-2-7-13-17)16-19-15(20-21-16)11-10-14-8-4-3-5-9-14/h3-5,8-9H,1-2,6-7,10-13,18H2. The second-order valence-electron chi connectivity index (χ2n) is 6.07. The van der Waals surface area contributed by atoms with E-state index < -0.39 is 5.54 Å². The molecule has 1 aromatic carbocycles. The van der Waals surface area contributed by atoms with E-state index in [1.807, 2.05) is 6.07 Å². The number of hydrogen-bond acceptors (Lipinski definition) is 4. The quantitative estimate of drug-likeness (QED) is 0.875. The average Bonchev–Trinajstić information content (AvgIpc) is 2.89. The summed E-state index contributed by atoms with van der Waals surface area (Å²) < 4.78 is 5.46. The molecule has 1 fully saturated rings. The number of nitrogens with zero attached hydrogens (tertiary/aromatic N) is 2. The molecule has 21 heavy (non-hydrogen) atoms. The molecule has 3 rings (SSSR count). The van der Waals surface area contributed by atoms with Gasteiger partial charge in [-0.3, -0.25) is 0 Å². The lowest BCUT2D eigenvalue weighted by Gasteiger charge is -2.22. The van der Waals surface area contributed by atoms with Crippen LogP contribution in [0.15, 0.2) is 34.9 Å². The lowest BCUT2D eigenvalue weighted by molar-refractivity contribution is 0.256. The van der Waals surface area contributed by atoms with Gasteiger partial charge in [0.1, 0.15) is 0 Å². The summed E-state index contributed by atoms with van der Waals surface area (Å²) in [7, 11) is 0. The highest BCUT2D eigenvalue weighted by atomic mass is 16.5. The summed E-state index contributed by atoms with van der Waals surface area (Å²) in [6, 6.07) is 10.4. The topological polar surface area (TPSA) is 64.9 Å². The Hall–Kier alpha value is -1.68. The van der Waals surface area contributed by atoms with Gasteiger partial charge in [0.25, 0.3) is 0 Å². The molecule has 1 aliphatic rings. The van der Waals surface area contributed by atoms with E-state index in [2.05, 4.69) is 34.4 Å². The molecule has 112 valence electrons. The normalized spacial score (nSPS) is 18.3. The van der Waals surface area contributed by atoms with E-state index in [4.69, 9.17) is 10.3 Å². The lowest BCUT2D eigenvalue weighted by atomic mass is 9.91. The number of aromatic nitrogens is 2. The van der Waals surface area contributed by atoms with Gasteiger partial charge < -0.3 is 10.3 Å². The van der Waals surface area contributed by atoms with Gasteiger partial charge in [0, 0.05) is 6.42 Å². The molecular formula is C17H23N3O. The molecule has 0 atom stereocenters. The predicted octanol–water partition coefficient (Wildman–Crippen LogP) is 3.36. The molecule has 1 heterocycles. The molecular weight excluding hydrogens is 262 g/mol. The third-order valence-electron chi connectivity index (χ3n) is 4.37. The molecule has 0 amide bonds. The maximum atomic E-state index is 6.50. The van der Waals surface area contributed by atoms with Crippen LogP contribution in [-0.2, 0) is 18.4 Å². The van der Waals surface area contributed by atoms with Crippen molar-refractivity contribution in [2.45, 2.75) is 56.9 Å². The van der Waals surface area contributed by atoms with Gasteiger partial charge in [-0.1, -0.05) is 61.2 Å². The number of hydrogen-bond donors (Lipinski definition) is 1. The maximum Gasteiger partial charge on any atom is 0.246 e. The van der Waals surface area contributed by atoms with E-state index in [1.54, 1.807) is 0 Å². The monoisotopic (exact) mass is 285 g/mol. The summed E-state index contributed by atoms with van der Waals surface area (Å²) in [5, 5.41) is 4.12. The Morgan fingerprint density at radius 1 is 1.00 bits per heavy atom. The van der Waals surface area contributed by atoms with Crippen molar-refractivity contribution >= 4 is 0 Å². The maximum absolute atomic E-state index is 6.50. The van der Waals surface area contributed by atoms with Crippen molar-refractivity contribution in [2.24, 2.45) is 5.73 Å².